The number of benzene rings is 3. The SMILES string of the molecule is Cc1cc(S(=O)(=O)Nc2ccc(Cl)cc2)ccc1OCC(=O)N[C@@H](C)c1ccc(Cl)cc1. The molecule has 2 N–H and O–H groups in total. The molecule has 3 aromatic rings. The Hall–Kier alpha value is -2.74. The predicted molar refractivity (Wildman–Crippen MR) is 127 cm³/mol. The quantitative estimate of drug-likeness (QED) is 0.443. The van der Waals surface area contributed by atoms with Crippen LogP contribution < -0.4 is 14.8 Å². The van der Waals surface area contributed by atoms with Gasteiger partial charge in [-0.1, -0.05) is 35.3 Å². The number of hydrogen-bond donors (Lipinski definition) is 2. The molecule has 0 aromatic heterocycles. The first-order valence-corrected chi connectivity index (χ1v) is 11.9. The number of aryl methyl sites for hydroxylation is 1. The van der Waals surface area contributed by atoms with Crippen LogP contribution in [-0.2, 0) is 14.8 Å². The molecule has 3 rings (SSSR count). The van der Waals surface area contributed by atoms with E-state index in [1.807, 2.05) is 19.1 Å². The fraction of sp³-hybridized carbons (Fsp3) is 0.174. The van der Waals surface area contributed by atoms with Gasteiger partial charge in [0.25, 0.3) is 15.9 Å². The first-order valence-electron chi connectivity index (χ1n) is 9.71. The van der Waals surface area contributed by atoms with Crippen LogP contribution in [0.25, 0.3) is 0 Å². The number of hydrogen-bond acceptors (Lipinski definition) is 4. The highest BCUT2D eigenvalue weighted by molar-refractivity contribution is 7.92. The zero-order chi connectivity index (χ0) is 23.3. The Balaban J connectivity index is 1.60. The number of nitrogens with one attached hydrogen (secondary N) is 2. The van der Waals surface area contributed by atoms with E-state index in [4.69, 9.17) is 27.9 Å². The first-order chi connectivity index (χ1) is 15.1. The number of sulfonamides is 1. The average Bonchev–Trinajstić information content (AvgIpc) is 2.74. The molecule has 0 radical (unpaired) electrons. The van der Waals surface area contributed by atoms with Gasteiger partial charge in [-0.15, -0.1) is 0 Å². The van der Waals surface area contributed by atoms with Gasteiger partial charge in [0.15, 0.2) is 6.61 Å². The van der Waals surface area contributed by atoms with Crippen LogP contribution in [-0.4, -0.2) is 20.9 Å². The molecule has 1 amide bonds. The number of carbonyl (C=O) groups excluding carboxylic acids is 1. The van der Waals surface area contributed by atoms with Gasteiger partial charge in [0.2, 0.25) is 0 Å². The summed E-state index contributed by atoms with van der Waals surface area (Å²) in [6.07, 6.45) is 0. The molecule has 0 aliphatic heterocycles. The average molecular weight is 493 g/mol. The summed E-state index contributed by atoms with van der Waals surface area (Å²) in [6, 6.07) is 17.8. The van der Waals surface area contributed by atoms with E-state index in [1.165, 1.54) is 18.2 Å². The van der Waals surface area contributed by atoms with Crippen molar-refractivity contribution in [3.8, 4) is 5.75 Å². The Bertz CT molecular complexity index is 1200. The molecule has 0 bridgehead atoms. The van der Waals surface area contributed by atoms with Gasteiger partial charge in [-0.05, 0) is 79.6 Å². The highest BCUT2D eigenvalue weighted by Gasteiger charge is 2.17. The molecule has 0 fully saturated rings. The van der Waals surface area contributed by atoms with E-state index in [0.717, 1.165) is 5.56 Å². The number of ether oxygens (including phenoxy) is 1. The molecular formula is C23H22Cl2N2O4S. The van der Waals surface area contributed by atoms with Gasteiger partial charge in [0, 0.05) is 15.7 Å². The van der Waals surface area contributed by atoms with Crippen LogP contribution in [0.5, 0.6) is 5.75 Å². The monoisotopic (exact) mass is 492 g/mol. The van der Waals surface area contributed by atoms with Crippen molar-refractivity contribution in [2.75, 3.05) is 11.3 Å². The number of anilines is 1. The van der Waals surface area contributed by atoms with Crippen LogP contribution in [0, 0.1) is 6.92 Å². The number of carbonyl (C=O) groups is 1. The summed E-state index contributed by atoms with van der Waals surface area (Å²) < 4.78 is 33.4. The van der Waals surface area contributed by atoms with Crippen LogP contribution in [0.2, 0.25) is 10.0 Å². The van der Waals surface area contributed by atoms with Crippen LogP contribution in [0.1, 0.15) is 24.1 Å². The minimum Gasteiger partial charge on any atom is -0.484 e. The summed E-state index contributed by atoms with van der Waals surface area (Å²) in [5, 5.41) is 3.99. The van der Waals surface area contributed by atoms with Crippen LogP contribution in [0.4, 0.5) is 5.69 Å². The van der Waals surface area contributed by atoms with Crippen molar-refractivity contribution in [2.24, 2.45) is 0 Å². The van der Waals surface area contributed by atoms with Crippen molar-refractivity contribution in [3.05, 3.63) is 87.9 Å². The summed E-state index contributed by atoms with van der Waals surface area (Å²) >= 11 is 11.7. The Morgan fingerprint density at radius 3 is 2.16 bits per heavy atom. The van der Waals surface area contributed by atoms with Crippen molar-refractivity contribution < 1.29 is 17.9 Å². The lowest BCUT2D eigenvalue weighted by Crippen LogP contribution is -2.31. The van der Waals surface area contributed by atoms with E-state index in [9.17, 15) is 13.2 Å². The molecule has 1 atom stereocenters. The largest absolute Gasteiger partial charge is 0.484 e. The van der Waals surface area contributed by atoms with Gasteiger partial charge in [-0.3, -0.25) is 9.52 Å². The summed E-state index contributed by atoms with van der Waals surface area (Å²) in [5.74, 6) is 0.123. The molecule has 0 aliphatic rings. The second kappa shape index (κ2) is 10.3. The van der Waals surface area contributed by atoms with Gasteiger partial charge in [-0.25, -0.2) is 8.42 Å². The molecule has 0 spiro atoms. The molecule has 32 heavy (non-hydrogen) atoms. The van der Waals surface area contributed by atoms with Crippen molar-refractivity contribution >= 4 is 44.8 Å². The molecule has 0 aliphatic carbocycles. The van der Waals surface area contributed by atoms with E-state index in [-0.39, 0.29) is 23.5 Å². The van der Waals surface area contributed by atoms with Gasteiger partial charge in [-0.2, -0.15) is 0 Å². The van der Waals surface area contributed by atoms with Gasteiger partial charge in [0.05, 0.1) is 10.9 Å². The highest BCUT2D eigenvalue weighted by Crippen LogP contribution is 2.24. The zero-order valence-corrected chi connectivity index (χ0v) is 19.8. The third-order valence-electron chi connectivity index (χ3n) is 4.66. The second-order valence-electron chi connectivity index (χ2n) is 7.17. The Morgan fingerprint density at radius 1 is 0.969 bits per heavy atom. The second-order valence-corrected chi connectivity index (χ2v) is 9.72. The fourth-order valence-corrected chi connectivity index (χ4v) is 4.34. The van der Waals surface area contributed by atoms with Gasteiger partial charge < -0.3 is 10.1 Å². The fourth-order valence-electron chi connectivity index (χ4n) is 2.94. The molecule has 0 saturated carbocycles. The maximum atomic E-state index is 12.6. The topological polar surface area (TPSA) is 84.5 Å². The minimum absolute atomic E-state index is 0.0816. The highest BCUT2D eigenvalue weighted by atomic mass is 35.5. The summed E-state index contributed by atoms with van der Waals surface area (Å²) in [5.41, 5.74) is 1.91. The van der Waals surface area contributed by atoms with E-state index in [2.05, 4.69) is 10.0 Å². The summed E-state index contributed by atoms with van der Waals surface area (Å²) in [6.45, 7) is 3.37. The molecule has 0 unspecified atom stereocenters. The summed E-state index contributed by atoms with van der Waals surface area (Å²) in [7, 11) is -3.78. The van der Waals surface area contributed by atoms with Crippen molar-refractivity contribution in [2.45, 2.75) is 24.8 Å². The third kappa shape index (κ3) is 6.38. The van der Waals surface area contributed by atoms with Crippen molar-refractivity contribution in [1.82, 2.24) is 5.32 Å². The first kappa shape index (κ1) is 23.9. The molecule has 168 valence electrons. The lowest BCUT2D eigenvalue weighted by molar-refractivity contribution is -0.123. The van der Waals surface area contributed by atoms with Crippen molar-refractivity contribution in [3.63, 3.8) is 0 Å². The van der Waals surface area contributed by atoms with Crippen LogP contribution >= 0.6 is 23.2 Å². The smallest absolute Gasteiger partial charge is 0.261 e. The standard InChI is InChI=1S/C23H22Cl2N2O4S/c1-15-13-21(32(29,30)27-20-9-7-19(25)8-10-20)11-12-22(15)31-14-23(28)26-16(2)17-3-5-18(24)6-4-17/h3-13,16,27H,14H2,1-2H3,(H,26,28)/t16-/m0/s1. The predicted octanol–water partition coefficient (Wildman–Crippen LogP) is 5.36. The normalized spacial score (nSPS) is 12.1. The van der Waals surface area contributed by atoms with E-state index >= 15 is 0 Å². The lowest BCUT2D eigenvalue weighted by atomic mass is 10.1. The molecule has 3 aromatic carbocycles. The molecule has 9 heteroatoms. The molecule has 6 nitrogen and oxygen atoms in total. The maximum Gasteiger partial charge on any atom is 0.261 e. The number of rotatable bonds is 8. The summed E-state index contributed by atoms with van der Waals surface area (Å²) in [4.78, 5) is 12.3. The zero-order valence-electron chi connectivity index (χ0n) is 17.4. The van der Waals surface area contributed by atoms with Crippen LogP contribution in [0.15, 0.2) is 71.6 Å². The molecule has 0 heterocycles. The lowest BCUT2D eigenvalue weighted by Gasteiger charge is -2.16. The number of amides is 1. The van der Waals surface area contributed by atoms with Crippen LogP contribution in [0.3, 0.4) is 0 Å². The van der Waals surface area contributed by atoms with E-state index < -0.39 is 10.0 Å². The molecule has 0 saturated heterocycles. The Labute approximate surface area is 197 Å². The van der Waals surface area contributed by atoms with E-state index in [1.54, 1.807) is 43.3 Å². The minimum atomic E-state index is -3.78. The van der Waals surface area contributed by atoms with E-state index in [0.29, 0.717) is 27.0 Å². The Morgan fingerprint density at radius 2 is 1.56 bits per heavy atom. The molecular weight excluding hydrogens is 471 g/mol. The number of halogens is 2. The van der Waals surface area contributed by atoms with Gasteiger partial charge >= 0.3 is 0 Å². The Kier molecular flexibility index (Phi) is 7.66. The third-order valence-corrected chi connectivity index (χ3v) is 6.54. The van der Waals surface area contributed by atoms with Crippen molar-refractivity contribution in [1.29, 1.82) is 0 Å². The maximum absolute atomic E-state index is 12.6. The van der Waals surface area contributed by atoms with Gasteiger partial charge in [0.1, 0.15) is 5.75 Å².